The van der Waals surface area contributed by atoms with Crippen molar-refractivity contribution in [1.29, 1.82) is 0 Å². The molecule has 0 radical (unpaired) electrons. The maximum atomic E-state index is 11.8. The summed E-state index contributed by atoms with van der Waals surface area (Å²) in [5.41, 5.74) is 5.29. The SMILES string of the molecule is CCC(C)[C@H](NC(=O)N1CCCC1)C(N)=O. The lowest BCUT2D eigenvalue weighted by Crippen LogP contribution is -2.52. The van der Waals surface area contributed by atoms with Crippen LogP contribution in [0.2, 0.25) is 0 Å². The summed E-state index contributed by atoms with van der Waals surface area (Å²) in [6.07, 6.45) is 2.89. The second kappa shape index (κ2) is 5.72. The number of nitrogens with one attached hydrogen (secondary N) is 1. The quantitative estimate of drug-likeness (QED) is 0.741. The van der Waals surface area contributed by atoms with Gasteiger partial charge in [0.2, 0.25) is 5.91 Å². The first-order valence-electron chi connectivity index (χ1n) is 5.91. The van der Waals surface area contributed by atoms with Crippen LogP contribution in [0, 0.1) is 5.92 Å². The van der Waals surface area contributed by atoms with Crippen LogP contribution in [0.4, 0.5) is 4.79 Å². The fraction of sp³-hybridized carbons (Fsp3) is 0.818. The van der Waals surface area contributed by atoms with E-state index in [9.17, 15) is 9.59 Å². The van der Waals surface area contributed by atoms with E-state index in [0.29, 0.717) is 0 Å². The zero-order chi connectivity index (χ0) is 12.1. The first-order chi connectivity index (χ1) is 7.56. The van der Waals surface area contributed by atoms with Gasteiger partial charge in [-0.3, -0.25) is 4.79 Å². The van der Waals surface area contributed by atoms with Crippen LogP contribution < -0.4 is 11.1 Å². The number of rotatable bonds is 4. The van der Waals surface area contributed by atoms with Crippen LogP contribution in [0.25, 0.3) is 0 Å². The summed E-state index contributed by atoms with van der Waals surface area (Å²) in [5.74, 6) is -0.383. The topological polar surface area (TPSA) is 75.4 Å². The Hall–Kier alpha value is -1.26. The van der Waals surface area contributed by atoms with Crippen LogP contribution >= 0.6 is 0 Å². The highest BCUT2D eigenvalue weighted by atomic mass is 16.2. The molecule has 1 fully saturated rings. The van der Waals surface area contributed by atoms with Crippen molar-refractivity contribution < 1.29 is 9.59 Å². The van der Waals surface area contributed by atoms with Crippen molar-refractivity contribution in [3.05, 3.63) is 0 Å². The molecule has 0 aromatic carbocycles. The number of nitrogens with zero attached hydrogens (tertiary/aromatic N) is 1. The molecular weight excluding hydrogens is 206 g/mol. The maximum absolute atomic E-state index is 11.8. The Kier molecular flexibility index (Phi) is 4.58. The van der Waals surface area contributed by atoms with Gasteiger partial charge in [-0.25, -0.2) is 4.79 Å². The van der Waals surface area contributed by atoms with Gasteiger partial charge in [0, 0.05) is 13.1 Å². The highest BCUT2D eigenvalue weighted by Gasteiger charge is 2.26. The summed E-state index contributed by atoms with van der Waals surface area (Å²) in [4.78, 5) is 24.8. The van der Waals surface area contributed by atoms with Gasteiger partial charge in [0.05, 0.1) is 0 Å². The number of likely N-dealkylation sites (tertiary alicyclic amines) is 1. The van der Waals surface area contributed by atoms with Gasteiger partial charge >= 0.3 is 6.03 Å². The molecule has 0 saturated carbocycles. The first-order valence-corrected chi connectivity index (χ1v) is 5.91. The molecule has 0 aromatic rings. The van der Waals surface area contributed by atoms with Gasteiger partial charge in [-0.2, -0.15) is 0 Å². The summed E-state index contributed by atoms with van der Waals surface area (Å²) in [6, 6.07) is -0.722. The highest BCUT2D eigenvalue weighted by Crippen LogP contribution is 2.11. The van der Waals surface area contributed by atoms with E-state index in [1.165, 1.54) is 0 Å². The predicted octanol–water partition coefficient (Wildman–Crippen LogP) is 0.692. The molecule has 1 saturated heterocycles. The van der Waals surface area contributed by atoms with Crippen molar-refractivity contribution in [2.75, 3.05) is 13.1 Å². The predicted molar refractivity (Wildman–Crippen MR) is 61.8 cm³/mol. The third-order valence-corrected chi connectivity index (χ3v) is 3.19. The van der Waals surface area contributed by atoms with Crippen LogP contribution in [0.3, 0.4) is 0 Å². The van der Waals surface area contributed by atoms with Gasteiger partial charge in [0.1, 0.15) is 6.04 Å². The average molecular weight is 227 g/mol. The number of nitrogens with two attached hydrogens (primary N) is 1. The third kappa shape index (κ3) is 3.12. The standard InChI is InChI=1S/C11H21N3O2/c1-3-8(2)9(10(12)15)13-11(16)14-6-4-5-7-14/h8-9H,3-7H2,1-2H3,(H2,12,15)(H,13,16)/t8?,9-/m0/s1. The molecule has 5 heteroatoms. The summed E-state index contributed by atoms with van der Waals surface area (Å²) < 4.78 is 0. The van der Waals surface area contributed by atoms with Gasteiger partial charge in [0.15, 0.2) is 0 Å². The zero-order valence-electron chi connectivity index (χ0n) is 10.0. The van der Waals surface area contributed by atoms with Gasteiger partial charge < -0.3 is 16.0 Å². The maximum Gasteiger partial charge on any atom is 0.318 e. The Bertz CT molecular complexity index is 262. The lowest BCUT2D eigenvalue weighted by atomic mass is 9.99. The van der Waals surface area contributed by atoms with Crippen molar-refractivity contribution in [3.63, 3.8) is 0 Å². The van der Waals surface area contributed by atoms with E-state index in [1.807, 2.05) is 13.8 Å². The van der Waals surface area contributed by atoms with Crippen molar-refractivity contribution in [1.82, 2.24) is 10.2 Å². The number of hydrogen-bond acceptors (Lipinski definition) is 2. The monoisotopic (exact) mass is 227 g/mol. The van der Waals surface area contributed by atoms with Crippen LogP contribution in [0.1, 0.15) is 33.1 Å². The van der Waals surface area contributed by atoms with Gasteiger partial charge in [-0.15, -0.1) is 0 Å². The fourth-order valence-electron chi connectivity index (χ4n) is 1.87. The van der Waals surface area contributed by atoms with Crippen LogP contribution in [-0.4, -0.2) is 36.0 Å². The minimum Gasteiger partial charge on any atom is -0.368 e. The van der Waals surface area contributed by atoms with E-state index >= 15 is 0 Å². The minimum atomic E-state index is -0.557. The molecule has 0 spiro atoms. The molecule has 5 nitrogen and oxygen atoms in total. The van der Waals surface area contributed by atoms with Crippen molar-refractivity contribution in [2.24, 2.45) is 11.7 Å². The van der Waals surface area contributed by atoms with E-state index in [4.69, 9.17) is 5.73 Å². The molecule has 0 aliphatic carbocycles. The van der Waals surface area contributed by atoms with Gasteiger partial charge in [0.25, 0.3) is 0 Å². The molecule has 1 aliphatic rings. The molecular formula is C11H21N3O2. The first kappa shape index (κ1) is 12.8. The number of urea groups is 1. The lowest BCUT2D eigenvalue weighted by molar-refractivity contribution is -0.120. The zero-order valence-corrected chi connectivity index (χ0v) is 10.0. The normalized spacial score (nSPS) is 19.2. The minimum absolute atomic E-state index is 0.0732. The Morgan fingerprint density at radius 1 is 1.38 bits per heavy atom. The number of carbonyl (C=O) groups is 2. The summed E-state index contributed by atoms with van der Waals surface area (Å²) in [5, 5.41) is 2.72. The van der Waals surface area contributed by atoms with Crippen LogP contribution in [0.15, 0.2) is 0 Å². The summed E-state index contributed by atoms with van der Waals surface area (Å²) in [7, 11) is 0. The smallest absolute Gasteiger partial charge is 0.318 e. The van der Waals surface area contributed by atoms with E-state index < -0.39 is 11.9 Å². The average Bonchev–Trinajstić information content (AvgIpc) is 2.77. The van der Waals surface area contributed by atoms with Crippen LogP contribution in [0.5, 0.6) is 0 Å². The van der Waals surface area contributed by atoms with Crippen molar-refractivity contribution >= 4 is 11.9 Å². The molecule has 3 N–H and O–H groups in total. The molecule has 2 atom stereocenters. The van der Waals surface area contributed by atoms with E-state index in [1.54, 1.807) is 4.90 Å². The number of carbonyl (C=O) groups excluding carboxylic acids is 2. The number of primary amides is 1. The Labute approximate surface area is 96.4 Å². The molecule has 3 amide bonds. The number of amides is 3. The fourth-order valence-corrected chi connectivity index (χ4v) is 1.87. The second-order valence-corrected chi connectivity index (χ2v) is 4.41. The lowest BCUT2D eigenvalue weighted by Gasteiger charge is -2.24. The second-order valence-electron chi connectivity index (χ2n) is 4.41. The Morgan fingerprint density at radius 3 is 2.38 bits per heavy atom. The molecule has 0 bridgehead atoms. The highest BCUT2D eigenvalue weighted by molar-refractivity contribution is 5.86. The van der Waals surface area contributed by atoms with Crippen molar-refractivity contribution in [3.8, 4) is 0 Å². The van der Waals surface area contributed by atoms with E-state index in [-0.39, 0.29) is 11.9 Å². The van der Waals surface area contributed by atoms with Crippen molar-refractivity contribution in [2.45, 2.75) is 39.2 Å². The molecule has 16 heavy (non-hydrogen) atoms. The summed E-state index contributed by atoms with van der Waals surface area (Å²) >= 11 is 0. The molecule has 1 unspecified atom stereocenters. The van der Waals surface area contributed by atoms with E-state index in [2.05, 4.69) is 5.32 Å². The summed E-state index contributed by atoms with van der Waals surface area (Å²) in [6.45, 7) is 5.44. The Morgan fingerprint density at radius 2 is 1.94 bits per heavy atom. The largest absolute Gasteiger partial charge is 0.368 e. The van der Waals surface area contributed by atoms with Gasteiger partial charge in [-0.1, -0.05) is 20.3 Å². The van der Waals surface area contributed by atoms with Crippen LogP contribution in [-0.2, 0) is 4.79 Å². The van der Waals surface area contributed by atoms with Gasteiger partial charge in [-0.05, 0) is 18.8 Å². The molecule has 1 rings (SSSR count). The molecule has 0 aromatic heterocycles. The number of hydrogen-bond donors (Lipinski definition) is 2. The molecule has 92 valence electrons. The third-order valence-electron chi connectivity index (χ3n) is 3.19. The molecule has 1 aliphatic heterocycles. The molecule has 1 heterocycles. The van der Waals surface area contributed by atoms with E-state index in [0.717, 1.165) is 32.4 Å². The Balaban J connectivity index is 2.53.